The Labute approximate surface area is 139 Å². The molecule has 1 saturated heterocycles. The predicted molar refractivity (Wildman–Crippen MR) is 87.3 cm³/mol. The van der Waals surface area contributed by atoms with Gasteiger partial charge in [0.05, 0.1) is 13.3 Å². The number of sulfonamides is 2. The van der Waals surface area contributed by atoms with Crippen molar-refractivity contribution in [3.63, 3.8) is 0 Å². The van der Waals surface area contributed by atoms with Crippen LogP contribution < -0.4 is 0 Å². The van der Waals surface area contributed by atoms with E-state index in [0.717, 1.165) is 19.4 Å². The first-order valence-electron chi connectivity index (χ1n) is 6.38. The van der Waals surface area contributed by atoms with Crippen LogP contribution in [-0.2, 0) is 35.4 Å². The van der Waals surface area contributed by atoms with Gasteiger partial charge in [-0.2, -0.15) is 18.0 Å². The maximum Gasteiger partial charge on any atom is 0.238 e. The van der Waals surface area contributed by atoms with Crippen molar-refractivity contribution in [1.82, 2.24) is 13.7 Å². The molecule has 0 amide bonds. The molecule has 132 valence electrons. The van der Waals surface area contributed by atoms with Crippen LogP contribution in [-0.4, -0.2) is 61.1 Å². The highest BCUT2D eigenvalue weighted by Crippen LogP contribution is 2.15. The van der Waals surface area contributed by atoms with Crippen molar-refractivity contribution in [2.45, 2.75) is 6.42 Å². The van der Waals surface area contributed by atoms with Crippen LogP contribution in [0.4, 0.5) is 0 Å². The van der Waals surface area contributed by atoms with E-state index in [4.69, 9.17) is 4.28 Å². The molecular formula is C11H19N3O6S3. The first-order chi connectivity index (χ1) is 10.7. The standard InChI is InChI=1S/C11H19N3O6S3/c1-4-21(15)20-12-8-7-9-13(22(16,17)5-2)11-14(10-12)23(18,19)6-3/h4-6H,1-3,7-11H2. The van der Waals surface area contributed by atoms with Crippen LogP contribution in [0.3, 0.4) is 0 Å². The van der Waals surface area contributed by atoms with Crippen molar-refractivity contribution >= 4 is 31.1 Å². The molecule has 0 N–H and O–H groups in total. The number of hydrogen-bond donors (Lipinski definition) is 0. The van der Waals surface area contributed by atoms with Crippen molar-refractivity contribution in [2.75, 3.05) is 26.4 Å². The summed E-state index contributed by atoms with van der Waals surface area (Å²) >= 11 is -1.81. The minimum absolute atomic E-state index is 0.0537. The lowest BCUT2D eigenvalue weighted by molar-refractivity contribution is -0.0790. The molecule has 1 fully saturated rings. The van der Waals surface area contributed by atoms with Gasteiger partial charge in [0.25, 0.3) is 0 Å². The van der Waals surface area contributed by atoms with Crippen molar-refractivity contribution in [3.8, 4) is 0 Å². The average Bonchev–Trinajstić information content (AvgIpc) is 2.48. The Balaban J connectivity index is 3.09. The monoisotopic (exact) mass is 385 g/mol. The summed E-state index contributed by atoms with van der Waals surface area (Å²) in [7, 11) is -7.71. The normalized spacial score (nSPS) is 21.0. The number of hydrogen-bond acceptors (Lipinski definition) is 7. The van der Waals surface area contributed by atoms with Gasteiger partial charge in [-0.1, -0.05) is 19.7 Å². The van der Waals surface area contributed by atoms with Crippen LogP contribution in [0.25, 0.3) is 0 Å². The number of hydroxylamine groups is 2. The topological polar surface area (TPSA) is 104 Å². The smallest absolute Gasteiger partial charge is 0.223 e. The fourth-order valence-electron chi connectivity index (χ4n) is 1.74. The highest BCUT2D eigenvalue weighted by Gasteiger charge is 2.31. The van der Waals surface area contributed by atoms with E-state index in [1.807, 2.05) is 0 Å². The van der Waals surface area contributed by atoms with Crippen LogP contribution in [0.15, 0.2) is 36.0 Å². The van der Waals surface area contributed by atoms with E-state index >= 15 is 0 Å². The molecule has 12 heteroatoms. The lowest BCUT2D eigenvalue weighted by atomic mass is 10.4. The highest BCUT2D eigenvalue weighted by atomic mass is 32.2. The Morgan fingerprint density at radius 1 is 0.913 bits per heavy atom. The minimum atomic E-state index is -3.93. The molecule has 23 heavy (non-hydrogen) atoms. The second kappa shape index (κ2) is 8.28. The molecule has 0 spiro atoms. The third-order valence-electron chi connectivity index (χ3n) is 2.90. The maximum absolute atomic E-state index is 12.1. The zero-order chi connectivity index (χ0) is 17.7. The molecule has 0 radical (unpaired) electrons. The Morgan fingerprint density at radius 3 is 2.00 bits per heavy atom. The van der Waals surface area contributed by atoms with Gasteiger partial charge in [-0.3, -0.25) is 0 Å². The van der Waals surface area contributed by atoms with Crippen LogP contribution >= 0.6 is 0 Å². The van der Waals surface area contributed by atoms with Gasteiger partial charge in [0.1, 0.15) is 0 Å². The fourth-order valence-corrected chi connectivity index (χ4v) is 3.90. The maximum atomic E-state index is 12.1. The molecule has 1 atom stereocenters. The Hall–Kier alpha value is -0.890. The molecule has 1 aliphatic rings. The molecule has 9 nitrogen and oxygen atoms in total. The summed E-state index contributed by atoms with van der Waals surface area (Å²) in [6.07, 6.45) is 0.351. The number of nitrogens with zero attached hydrogens (tertiary/aromatic N) is 3. The molecule has 1 aliphatic heterocycles. The molecular weight excluding hydrogens is 366 g/mol. The van der Waals surface area contributed by atoms with Crippen molar-refractivity contribution in [1.29, 1.82) is 0 Å². The van der Waals surface area contributed by atoms with Gasteiger partial charge in [-0.15, -0.1) is 0 Å². The van der Waals surface area contributed by atoms with Crippen LogP contribution in [0.5, 0.6) is 0 Å². The van der Waals surface area contributed by atoms with E-state index in [-0.39, 0.29) is 19.8 Å². The van der Waals surface area contributed by atoms with Crippen LogP contribution in [0.1, 0.15) is 6.42 Å². The second-order valence-corrected chi connectivity index (χ2v) is 9.16. The summed E-state index contributed by atoms with van der Waals surface area (Å²) in [6.45, 7) is 9.25. The van der Waals surface area contributed by atoms with Gasteiger partial charge in [0.2, 0.25) is 20.0 Å². The van der Waals surface area contributed by atoms with Gasteiger partial charge < -0.3 is 0 Å². The zero-order valence-electron chi connectivity index (χ0n) is 12.4. The molecule has 1 heterocycles. The molecule has 0 aromatic rings. The Kier molecular flexibility index (Phi) is 7.26. The summed E-state index contributed by atoms with van der Waals surface area (Å²) in [5, 5.41) is 3.70. The summed E-state index contributed by atoms with van der Waals surface area (Å²) < 4.78 is 66.3. The molecule has 0 bridgehead atoms. The third kappa shape index (κ3) is 5.60. The van der Waals surface area contributed by atoms with Gasteiger partial charge in [-0.25, -0.2) is 21.0 Å². The van der Waals surface area contributed by atoms with Gasteiger partial charge >= 0.3 is 0 Å². The zero-order valence-corrected chi connectivity index (χ0v) is 14.9. The van der Waals surface area contributed by atoms with E-state index in [2.05, 4.69) is 19.7 Å². The van der Waals surface area contributed by atoms with E-state index < -0.39 is 37.8 Å². The first kappa shape index (κ1) is 20.2. The fraction of sp³-hybridized carbons (Fsp3) is 0.455. The lowest BCUT2D eigenvalue weighted by Gasteiger charge is -2.33. The van der Waals surface area contributed by atoms with E-state index in [9.17, 15) is 21.0 Å². The van der Waals surface area contributed by atoms with Crippen molar-refractivity contribution < 1.29 is 25.3 Å². The second-order valence-electron chi connectivity index (χ2n) is 4.39. The van der Waals surface area contributed by atoms with Crippen LogP contribution in [0.2, 0.25) is 0 Å². The molecule has 1 unspecified atom stereocenters. The van der Waals surface area contributed by atoms with E-state index in [1.165, 1.54) is 5.06 Å². The third-order valence-corrected chi connectivity index (χ3v) is 6.34. The first-order valence-corrected chi connectivity index (χ1v) is 10.5. The summed E-state index contributed by atoms with van der Waals surface area (Å²) in [6, 6.07) is 0. The molecule has 0 aromatic heterocycles. The van der Waals surface area contributed by atoms with E-state index in [0.29, 0.717) is 11.8 Å². The van der Waals surface area contributed by atoms with Gasteiger partial charge in [-0.05, 0) is 6.42 Å². The van der Waals surface area contributed by atoms with Crippen molar-refractivity contribution in [3.05, 3.63) is 36.0 Å². The van der Waals surface area contributed by atoms with Gasteiger partial charge in [0.15, 0.2) is 11.1 Å². The van der Waals surface area contributed by atoms with Crippen LogP contribution in [0, 0.1) is 0 Å². The molecule has 0 aliphatic carbocycles. The molecule has 0 aromatic carbocycles. The Bertz CT molecular complexity index is 688. The quantitative estimate of drug-likeness (QED) is 0.602. The SMILES string of the molecule is C=CS(=O)ON1CCCN(S(=O)(=O)C=C)CN(S(=O)(=O)C=C)C1. The van der Waals surface area contributed by atoms with Crippen molar-refractivity contribution in [2.24, 2.45) is 0 Å². The largest absolute Gasteiger partial charge is 0.238 e. The predicted octanol–water partition coefficient (Wildman–Crippen LogP) is -0.103. The summed E-state index contributed by atoms with van der Waals surface area (Å²) in [5.41, 5.74) is 0. The Morgan fingerprint density at radius 2 is 1.48 bits per heavy atom. The molecule has 1 rings (SSSR count). The summed E-state index contributed by atoms with van der Waals surface area (Å²) in [5.74, 6) is 0. The lowest BCUT2D eigenvalue weighted by Crippen LogP contribution is -2.50. The summed E-state index contributed by atoms with van der Waals surface area (Å²) in [4.78, 5) is 0. The average molecular weight is 385 g/mol. The minimum Gasteiger partial charge on any atom is -0.223 e. The van der Waals surface area contributed by atoms with E-state index in [1.54, 1.807) is 0 Å². The van der Waals surface area contributed by atoms with Gasteiger partial charge in [0, 0.05) is 29.3 Å². The number of rotatable bonds is 7. The highest BCUT2D eigenvalue weighted by molar-refractivity contribution is 7.92. The molecule has 0 saturated carbocycles.